The summed E-state index contributed by atoms with van der Waals surface area (Å²) in [6, 6.07) is 0. The van der Waals surface area contributed by atoms with E-state index in [2.05, 4.69) is 23.3 Å². The average molecular weight is 218 g/mol. The van der Waals surface area contributed by atoms with Crippen LogP contribution in [0, 0.1) is 5.41 Å². The maximum absolute atomic E-state index is 11.3. The van der Waals surface area contributed by atoms with Crippen molar-refractivity contribution in [2.75, 3.05) is 19.3 Å². The Morgan fingerprint density at radius 1 is 1.36 bits per heavy atom. The predicted molar refractivity (Wildman–Crippen MR) is 59.3 cm³/mol. The zero-order chi connectivity index (χ0) is 11.2. The van der Waals surface area contributed by atoms with Gasteiger partial charge in [0.15, 0.2) is 0 Å². The summed E-state index contributed by atoms with van der Waals surface area (Å²) < 4.78 is 0. The molecular weight excluding hydrogens is 200 g/mol. The van der Waals surface area contributed by atoms with Crippen LogP contribution in [0.3, 0.4) is 0 Å². The Bertz CT molecular complexity index is 217. The Labute approximate surface area is 90.2 Å². The summed E-state index contributed by atoms with van der Waals surface area (Å²) in [7, 11) is 1.58. The SMILES string of the molecule is CNC(=O)C(C)(C)CNC(=O)CCS. The van der Waals surface area contributed by atoms with Crippen molar-refractivity contribution >= 4 is 24.4 Å². The van der Waals surface area contributed by atoms with E-state index in [1.165, 1.54) is 0 Å². The van der Waals surface area contributed by atoms with Gasteiger partial charge in [-0.15, -0.1) is 0 Å². The van der Waals surface area contributed by atoms with E-state index in [1.54, 1.807) is 20.9 Å². The van der Waals surface area contributed by atoms with Gasteiger partial charge in [-0.1, -0.05) is 0 Å². The van der Waals surface area contributed by atoms with Crippen LogP contribution in [0.4, 0.5) is 0 Å². The molecule has 0 aliphatic rings. The third-order valence-corrected chi connectivity index (χ3v) is 2.13. The standard InChI is InChI=1S/C9H18N2O2S/c1-9(2,8(13)10-3)6-11-7(12)4-5-14/h14H,4-6H2,1-3H3,(H,10,13)(H,11,12). The van der Waals surface area contributed by atoms with Crippen LogP contribution in [0.2, 0.25) is 0 Å². The average Bonchev–Trinajstić information content (AvgIpc) is 2.14. The number of hydrogen-bond donors (Lipinski definition) is 3. The highest BCUT2D eigenvalue weighted by molar-refractivity contribution is 7.80. The number of nitrogens with one attached hydrogen (secondary N) is 2. The summed E-state index contributed by atoms with van der Waals surface area (Å²) in [5.74, 6) is 0.368. The van der Waals surface area contributed by atoms with E-state index in [-0.39, 0.29) is 11.8 Å². The molecule has 82 valence electrons. The number of rotatable bonds is 5. The zero-order valence-corrected chi connectivity index (χ0v) is 9.78. The number of carbonyl (C=O) groups excluding carboxylic acids is 2. The van der Waals surface area contributed by atoms with Gasteiger partial charge in [-0.25, -0.2) is 0 Å². The van der Waals surface area contributed by atoms with Crippen molar-refractivity contribution in [2.45, 2.75) is 20.3 Å². The van der Waals surface area contributed by atoms with E-state index in [1.807, 2.05) is 0 Å². The van der Waals surface area contributed by atoms with Gasteiger partial charge >= 0.3 is 0 Å². The molecule has 0 aliphatic carbocycles. The quantitative estimate of drug-likeness (QED) is 0.577. The lowest BCUT2D eigenvalue weighted by molar-refractivity contribution is -0.129. The molecule has 0 atom stereocenters. The Balaban J connectivity index is 3.98. The van der Waals surface area contributed by atoms with Crippen LogP contribution in [0.25, 0.3) is 0 Å². The highest BCUT2D eigenvalue weighted by Crippen LogP contribution is 2.12. The maximum Gasteiger partial charge on any atom is 0.227 e. The van der Waals surface area contributed by atoms with Crippen molar-refractivity contribution in [3.8, 4) is 0 Å². The smallest absolute Gasteiger partial charge is 0.227 e. The second-order valence-electron chi connectivity index (χ2n) is 3.71. The first-order valence-corrected chi connectivity index (χ1v) is 5.17. The minimum Gasteiger partial charge on any atom is -0.359 e. The molecule has 0 spiro atoms. The molecule has 0 heterocycles. The van der Waals surface area contributed by atoms with Gasteiger partial charge < -0.3 is 10.6 Å². The summed E-state index contributed by atoms with van der Waals surface area (Å²) in [5, 5.41) is 5.25. The lowest BCUT2D eigenvalue weighted by Crippen LogP contribution is -2.43. The molecule has 4 nitrogen and oxygen atoms in total. The Hall–Kier alpha value is -0.710. The van der Waals surface area contributed by atoms with E-state index in [4.69, 9.17) is 0 Å². The number of hydrogen-bond acceptors (Lipinski definition) is 3. The van der Waals surface area contributed by atoms with Crippen LogP contribution in [0.15, 0.2) is 0 Å². The summed E-state index contributed by atoms with van der Waals surface area (Å²) in [4.78, 5) is 22.4. The highest BCUT2D eigenvalue weighted by Gasteiger charge is 2.26. The van der Waals surface area contributed by atoms with Gasteiger partial charge in [-0.2, -0.15) is 12.6 Å². The largest absolute Gasteiger partial charge is 0.359 e. The van der Waals surface area contributed by atoms with Crippen molar-refractivity contribution in [1.82, 2.24) is 10.6 Å². The van der Waals surface area contributed by atoms with E-state index in [0.29, 0.717) is 18.7 Å². The Morgan fingerprint density at radius 2 is 1.93 bits per heavy atom. The molecule has 0 saturated carbocycles. The first-order valence-electron chi connectivity index (χ1n) is 4.54. The fourth-order valence-electron chi connectivity index (χ4n) is 0.928. The van der Waals surface area contributed by atoms with Gasteiger partial charge in [-0.3, -0.25) is 9.59 Å². The van der Waals surface area contributed by atoms with Gasteiger partial charge in [-0.05, 0) is 19.6 Å². The molecule has 0 unspecified atom stereocenters. The lowest BCUT2D eigenvalue weighted by atomic mass is 9.92. The second-order valence-corrected chi connectivity index (χ2v) is 4.16. The minimum absolute atomic E-state index is 0.0722. The Morgan fingerprint density at radius 3 is 2.36 bits per heavy atom. The Kier molecular flexibility index (Phi) is 5.60. The monoisotopic (exact) mass is 218 g/mol. The molecule has 2 N–H and O–H groups in total. The first-order chi connectivity index (χ1) is 6.44. The van der Waals surface area contributed by atoms with Gasteiger partial charge in [0.2, 0.25) is 11.8 Å². The topological polar surface area (TPSA) is 58.2 Å². The molecule has 2 amide bonds. The first kappa shape index (κ1) is 13.3. The third-order valence-electron chi connectivity index (χ3n) is 1.91. The fourth-order valence-corrected chi connectivity index (χ4v) is 1.13. The van der Waals surface area contributed by atoms with Crippen LogP contribution in [0.5, 0.6) is 0 Å². The molecule has 0 aliphatic heterocycles. The number of thiol groups is 1. The lowest BCUT2D eigenvalue weighted by Gasteiger charge is -2.22. The molecule has 0 fully saturated rings. The van der Waals surface area contributed by atoms with Crippen molar-refractivity contribution in [2.24, 2.45) is 5.41 Å². The summed E-state index contributed by atoms with van der Waals surface area (Å²) in [5.41, 5.74) is -0.568. The van der Waals surface area contributed by atoms with E-state index in [0.717, 1.165) is 0 Å². The molecule has 0 aromatic carbocycles. The van der Waals surface area contributed by atoms with E-state index < -0.39 is 5.41 Å². The summed E-state index contributed by atoms with van der Waals surface area (Å²) in [6.07, 6.45) is 0.382. The molecule has 0 radical (unpaired) electrons. The number of amides is 2. The summed E-state index contributed by atoms with van der Waals surface area (Å²) in [6.45, 7) is 3.92. The summed E-state index contributed by atoms with van der Waals surface area (Å²) >= 11 is 3.94. The fraction of sp³-hybridized carbons (Fsp3) is 0.778. The molecule has 0 aromatic heterocycles. The van der Waals surface area contributed by atoms with Crippen LogP contribution < -0.4 is 10.6 Å². The van der Waals surface area contributed by atoms with Crippen molar-refractivity contribution < 1.29 is 9.59 Å². The molecule has 0 rings (SSSR count). The number of carbonyl (C=O) groups is 2. The molecule has 0 saturated heterocycles. The maximum atomic E-state index is 11.3. The van der Waals surface area contributed by atoms with Gasteiger partial charge in [0.1, 0.15) is 0 Å². The van der Waals surface area contributed by atoms with Crippen LogP contribution >= 0.6 is 12.6 Å². The van der Waals surface area contributed by atoms with Gasteiger partial charge in [0.05, 0.1) is 5.41 Å². The molecular formula is C9H18N2O2S. The molecule has 5 heteroatoms. The van der Waals surface area contributed by atoms with Gasteiger partial charge in [0, 0.05) is 20.0 Å². The normalized spacial score (nSPS) is 10.9. The molecule has 14 heavy (non-hydrogen) atoms. The highest BCUT2D eigenvalue weighted by atomic mass is 32.1. The van der Waals surface area contributed by atoms with Crippen LogP contribution in [-0.4, -0.2) is 31.2 Å². The van der Waals surface area contributed by atoms with Crippen LogP contribution in [0.1, 0.15) is 20.3 Å². The third kappa shape index (κ3) is 4.50. The van der Waals surface area contributed by atoms with Crippen LogP contribution in [-0.2, 0) is 9.59 Å². The second kappa shape index (κ2) is 5.90. The molecule has 0 bridgehead atoms. The van der Waals surface area contributed by atoms with Gasteiger partial charge in [0.25, 0.3) is 0 Å². The van der Waals surface area contributed by atoms with E-state index >= 15 is 0 Å². The van der Waals surface area contributed by atoms with Crippen molar-refractivity contribution in [3.63, 3.8) is 0 Å². The predicted octanol–water partition coefficient (Wildman–Crippen LogP) is 0.195. The minimum atomic E-state index is -0.568. The molecule has 0 aromatic rings. The van der Waals surface area contributed by atoms with Crippen molar-refractivity contribution in [3.05, 3.63) is 0 Å². The van der Waals surface area contributed by atoms with E-state index in [9.17, 15) is 9.59 Å². The van der Waals surface area contributed by atoms with Crippen molar-refractivity contribution in [1.29, 1.82) is 0 Å². The zero-order valence-electron chi connectivity index (χ0n) is 8.89.